The third kappa shape index (κ3) is 11.6. The standard InChI is InChI=1S/C57H67ClN7O11/c1-35(60-61-59)12-6-7-15-40(75-47-21-19-39(58)29-46(47)65(32-51(68)72-4)33-52(69)73-5)34-74-48-28-36(18-20-45(48)64(30-49(66)70-2)31-50(67)71-3)53-43-26-37-13-8-22-62-24-10-16-41(54(37)62)56(43)76-57-42-17-11-25-63-23-9-14-38(55(42)63)27-44(53)57/h18-21,26-29,35,40H,6-17,22-25,30-34H2,1-5H3/q+1. The fourth-order valence-electron chi connectivity index (χ4n) is 11.5. The van der Waals surface area contributed by atoms with E-state index >= 15 is 0 Å². The molecule has 4 aromatic carbocycles. The second kappa shape index (κ2) is 24.2. The van der Waals surface area contributed by atoms with Crippen LogP contribution in [0.3, 0.4) is 0 Å². The lowest BCUT2D eigenvalue weighted by Gasteiger charge is -2.39. The van der Waals surface area contributed by atoms with Gasteiger partial charge in [-0.2, -0.15) is 0 Å². The number of ether oxygens (including phenoxy) is 7. The third-order valence-corrected chi connectivity index (χ3v) is 15.3. The highest BCUT2D eigenvalue weighted by Gasteiger charge is 2.36. The number of rotatable bonds is 22. The lowest BCUT2D eigenvalue weighted by Crippen LogP contribution is -2.45. The Balaban J connectivity index is 1.20. The van der Waals surface area contributed by atoms with Gasteiger partial charge >= 0.3 is 23.9 Å². The lowest BCUT2D eigenvalue weighted by molar-refractivity contribution is -0.141. The number of nitrogens with zero attached hydrogens (tertiary/aromatic N) is 7. The van der Waals surface area contributed by atoms with Gasteiger partial charge in [0.05, 0.1) is 45.4 Å². The molecule has 0 amide bonds. The first-order valence-corrected chi connectivity index (χ1v) is 26.8. The molecule has 9 rings (SSSR count). The number of unbranched alkanes of at least 4 members (excludes halogenated alkanes) is 1. The predicted molar refractivity (Wildman–Crippen MR) is 288 cm³/mol. The number of hydrogen-bond acceptors (Lipinski definition) is 15. The summed E-state index contributed by atoms with van der Waals surface area (Å²) in [5, 5.41) is 6.53. The number of azide groups is 1. The minimum atomic E-state index is -0.679. The molecule has 19 heteroatoms. The van der Waals surface area contributed by atoms with E-state index in [2.05, 4.69) is 31.6 Å². The first-order chi connectivity index (χ1) is 36.9. The minimum absolute atomic E-state index is 0.0463. The van der Waals surface area contributed by atoms with Gasteiger partial charge < -0.3 is 47.9 Å². The Kier molecular flexibility index (Phi) is 17.1. The normalized spacial score (nSPS) is 15.5. The number of aryl methyl sites for hydroxylation is 2. The SMILES string of the molecule is COC(=O)CN(CC(=O)OC)c1ccc(C2=c3cc4c5c(c3Oc3c2cc2c6c3CCCN6CCC2)CCC[N+]=5CCC4)cc1OCC(CCCCC(C)N=[N+]=[N-])Oc1ccc(Cl)cc1N(CC(=O)OC)CC(=O)OC. The van der Waals surface area contributed by atoms with Gasteiger partial charge in [-0.15, -0.1) is 0 Å². The number of fused-ring (bicyclic) bond motifs is 4. The molecule has 0 radical (unpaired) electrons. The van der Waals surface area contributed by atoms with Crippen LogP contribution in [-0.2, 0) is 63.8 Å². The molecular formula is C57H67ClN7O11+. The van der Waals surface area contributed by atoms with Crippen LogP contribution in [0.2, 0.25) is 5.02 Å². The van der Waals surface area contributed by atoms with E-state index in [1.807, 2.05) is 25.1 Å². The van der Waals surface area contributed by atoms with Gasteiger partial charge in [0.1, 0.15) is 75.0 Å². The van der Waals surface area contributed by atoms with Crippen molar-refractivity contribution >= 4 is 58.1 Å². The summed E-state index contributed by atoms with van der Waals surface area (Å²) in [5.41, 5.74) is 19.2. The lowest BCUT2D eigenvalue weighted by atomic mass is 9.82. The first kappa shape index (κ1) is 53.6. The van der Waals surface area contributed by atoms with Crippen molar-refractivity contribution < 1.29 is 52.3 Å². The molecule has 5 heterocycles. The Labute approximate surface area is 447 Å². The van der Waals surface area contributed by atoms with E-state index in [0.717, 1.165) is 111 Å². The Bertz CT molecular complexity index is 3040. The quantitative estimate of drug-likeness (QED) is 0.0129. The molecule has 0 bridgehead atoms. The summed E-state index contributed by atoms with van der Waals surface area (Å²) < 4.78 is 44.1. The Morgan fingerprint density at radius 3 is 2.05 bits per heavy atom. The van der Waals surface area contributed by atoms with Crippen LogP contribution in [0.1, 0.15) is 91.7 Å². The molecule has 2 unspecified atom stereocenters. The molecule has 402 valence electrons. The molecule has 0 N–H and O–H groups in total. The zero-order chi connectivity index (χ0) is 53.5. The number of halogens is 1. The monoisotopic (exact) mass is 1060 g/mol. The number of methoxy groups -OCH3 is 4. The van der Waals surface area contributed by atoms with Crippen molar-refractivity contribution in [3.05, 3.63) is 108 Å². The van der Waals surface area contributed by atoms with E-state index in [1.54, 1.807) is 23.1 Å². The van der Waals surface area contributed by atoms with E-state index < -0.39 is 30.0 Å². The van der Waals surface area contributed by atoms with Crippen molar-refractivity contribution in [2.45, 2.75) is 96.1 Å². The van der Waals surface area contributed by atoms with Gasteiger partial charge in [0.2, 0.25) is 5.36 Å². The van der Waals surface area contributed by atoms with Crippen molar-refractivity contribution in [2.75, 3.05) is 102 Å². The summed E-state index contributed by atoms with van der Waals surface area (Å²) in [6.07, 6.45) is 9.68. The molecule has 0 fully saturated rings. The largest absolute Gasteiger partial charge is 0.488 e. The molecule has 5 aliphatic rings. The molecule has 5 aliphatic heterocycles. The molecule has 0 saturated carbocycles. The average Bonchev–Trinajstić information content (AvgIpc) is 3.46. The number of esters is 4. The van der Waals surface area contributed by atoms with Crippen LogP contribution in [0.15, 0.2) is 53.6 Å². The van der Waals surface area contributed by atoms with Gasteiger partial charge in [-0.25, -0.2) is 4.58 Å². The zero-order valence-electron chi connectivity index (χ0n) is 44.1. The summed E-state index contributed by atoms with van der Waals surface area (Å²) >= 11 is 6.58. The van der Waals surface area contributed by atoms with Gasteiger partial charge in [-0.05, 0) is 117 Å². The minimum Gasteiger partial charge on any atom is -0.488 e. The summed E-state index contributed by atoms with van der Waals surface area (Å²) in [4.78, 5) is 60.4. The Morgan fingerprint density at radius 1 is 0.737 bits per heavy atom. The highest BCUT2D eigenvalue weighted by molar-refractivity contribution is 6.31. The number of hydrogen-bond donors (Lipinski definition) is 0. The van der Waals surface area contributed by atoms with Crippen molar-refractivity contribution in [2.24, 2.45) is 5.11 Å². The summed E-state index contributed by atoms with van der Waals surface area (Å²) in [7, 11) is 5.11. The topological polar surface area (TPSA) is 194 Å². The second-order valence-corrected chi connectivity index (χ2v) is 20.5. The van der Waals surface area contributed by atoms with Gasteiger partial charge in [0, 0.05) is 75.1 Å². The maximum Gasteiger partial charge on any atom is 0.325 e. The Hall–Kier alpha value is -7.17. The van der Waals surface area contributed by atoms with Crippen LogP contribution in [0.5, 0.6) is 23.0 Å². The maximum absolute atomic E-state index is 13.2. The average molecular weight is 1060 g/mol. The highest BCUT2D eigenvalue weighted by atomic mass is 35.5. The van der Waals surface area contributed by atoms with Crippen molar-refractivity contribution in [3.8, 4) is 23.0 Å². The van der Waals surface area contributed by atoms with E-state index in [-0.39, 0.29) is 38.8 Å². The summed E-state index contributed by atoms with van der Waals surface area (Å²) in [6.45, 7) is 4.70. The molecule has 76 heavy (non-hydrogen) atoms. The van der Waals surface area contributed by atoms with Crippen LogP contribution in [-0.4, -0.2) is 123 Å². The number of anilines is 3. The van der Waals surface area contributed by atoms with Gasteiger partial charge in [0.15, 0.2) is 0 Å². The number of benzene rings is 4. The molecule has 0 saturated heterocycles. The number of carbonyl (C=O) groups is 4. The van der Waals surface area contributed by atoms with Gasteiger partial charge in [0.25, 0.3) is 0 Å². The predicted octanol–water partition coefficient (Wildman–Crippen LogP) is 7.17. The molecule has 0 aliphatic carbocycles. The molecule has 0 spiro atoms. The fraction of sp³-hybridized carbons (Fsp3) is 0.491. The van der Waals surface area contributed by atoms with Crippen molar-refractivity contribution in [3.63, 3.8) is 0 Å². The van der Waals surface area contributed by atoms with Crippen molar-refractivity contribution in [1.82, 2.24) is 4.58 Å². The molecule has 2 atom stereocenters. The molecule has 0 aromatic heterocycles. The van der Waals surface area contributed by atoms with Crippen molar-refractivity contribution in [1.29, 1.82) is 0 Å². The zero-order valence-corrected chi connectivity index (χ0v) is 44.9. The molecule has 18 nitrogen and oxygen atoms in total. The van der Waals surface area contributed by atoms with Crippen LogP contribution in [0.25, 0.3) is 16.0 Å². The smallest absolute Gasteiger partial charge is 0.325 e. The summed E-state index contributed by atoms with van der Waals surface area (Å²) in [6, 6.07) is 15.3. The number of carbonyl (C=O) groups excluding carboxylic acids is 4. The van der Waals surface area contributed by atoms with E-state index in [4.69, 9.17) is 50.3 Å². The van der Waals surface area contributed by atoms with Crippen LogP contribution in [0.4, 0.5) is 17.1 Å². The van der Waals surface area contributed by atoms with Crippen LogP contribution < -0.4 is 44.1 Å². The van der Waals surface area contributed by atoms with Crippen LogP contribution >= 0.6 is 11.6 Å². The van der Waals surface area contributed by atoms with E-state index in [1.165, 1.54) is 66.6 Å². The first-order valence-electron chi connectivity index (χ1n) is 26.4. The third-order valence-electron chi connectivity index (χ3n) is 15.1. The Morgan fingerprint density at radius 2 is 1.37 bits per heavy atom. The maximum atomic E-state index is 13.2. The van der Waals surface area contributed by atoms with Gasteiger partial charge in [-0.3, -0.25) is 19.2 Å². The second-order valence-electron chi connectivity index (χ2n) is 20.0. The summed E-state index contributed by atoms with van der Waals surface area (Å²) in [5.74, 6) is 0.122. The van der Waals surface area contributed by atoms with Crippen LogP contribution in [0, 0.1) is 0 Å². The van der Waals surface area contributed by atoms with E-state index in [0.29, 0.717) is 53.6 Å². The van der Waals surface area contributed by atoms with Gasteiger partial charge in [-0.1, -0.05) is 36.1 Å². The van der Waals surface area contributed by atoms with E-state index in [9.17, 15) is 19.2 Å². The fourth-order valence-corrected chi connectivity index (χ4v) is 11.7. The molecular weight excluding hydrogens is 994 g/mol. The molecule has 4 aromatic rings. The highest BCUT2D eigenvalue weighted by Crippen LogP contribution is 2.49.